The molecular weight excluding hydrogens is 396 g/mol. The van der Waals surface area contributed by atoms with Crippen molar-refractivity contribution in [2.24, 2.45) is 12.8 Å². The summed E-state index contributed by atoms with van der Waals surface area (Å²) in [4.78, 5) is 24.0. The molecule has 8 nitrogen and oxygen atoms in total. The second-order valence-electron chi connectivity index (χ2n) is 6.53. The second-order valence-corrected chi connectivity index (χ2v) is 6.53. The highest BCUT2D eigenvalue weighted by molar-refractivity contribution is 5.98. The van der Waals surface area contributed by atoms with Crippen molar-refractivity contribution in [3.8, 4) is 23.7 Å². The lowest BCUT2D eigenvalue weighted by atomic mass is 9.92. The van der Waals surface area contributed by atoms with Crippen molar-refractivity contribution in [2.75, 3.05) is 0 Å². The molecule has 5 N–H and O–H groups in total. The normalized spacial score (nSPS) is 13.2. The van der Waals surface area contributed by atoms with Gasteiger partial charge in [0, 0.05) is 24.4 Å². The maximum absolute atomic E-state index is 13.2. The summed E-state index contributed by atoms with van der Waals surface area (Å²) in [6, 6.07) is 4.00. The number of hydrogen-bond acceptors (Lipinski definition) is 5. The molecule has 1 heterocycles. The molecule has 0 spiro atoms. The van der Waals surface area contributed by atoms with E-state index in [4.69, 9.17) is 10.9 Å². The summed E-state index contributed by atoms with van der Waals surface area (Å²) in [7, 11) is 1.77. The number of hydroxylamine groups is 1. The first kappa shape index (κ1) is 22.6. The highest BCUT2D eigenvalue weighted by Gasteiger charge is 2.44. The van der Waals surface area contributed by atoms with E-state index in [1.54, 1.807) is 24.1 Å². The summed E-state index contributed by atoms with van der Waals surface area (Å²) >= 11 is 0. The number of halogens is 2. The summed E-state index contributed by atoms with van der Waals surface area (Å²) in [5, 5.41) is 14.9. The van der Waals surface area contributed by atoms with Gasteiger partial charge in [-0.25, -0.2) is 14.3 Å². The summed E-state index contributed by atoms with van der Waals surface area (Å²) in [5.74, 6) is 8.88. The van der Waals surface area contributed by atoms with Crippen LogP contribution in [-0.4, -0.2) is 44.8 Å². The third-order valence-corrected chi connectivity index (χ3v) is 4.07. The lowest BCUT2D eigenvalue weighted by Gasteiger charge is -2.32. The van der Waals surface area contributed by atoms with E-state index in [0.717, 1.165) is 12.5 Å². The van der Waals surface area contributed by atoms with Crippen LogP contribution in [0.5, 0.6) is 0 Å². The fourth-order valence-corrected chi connectivity index (χ4v) is 2.31. The molecule has 0 saturated heterocycles. The average molecular weight is 415 g/mol. The zero-order valence-electron chi connectivity index (χ0n) is 16.1. The number of benzene rings is 1. The number of aromatic nitrogens is 2. The van der Waals surface area contributed by atoms with Crippen molar-refractivity contribution in [1.29, 1.82) is 0 Å². The van der Waals surface area contributed by atoms with Crippen LogP contribution in [0.25, 0.3) is 0 Å². The molecule has 2 unspecified atom stereocenters. The molecule has 0 bridgehead atoms. The smallest absolute Gasteiger partial charge is 0.268 e. The third-order valence-electron chi connectivity index (χ3n) is 4.07. The summed E-state index contributed by atoms with van der Waals surface area (Å²) in [5.41, 5.74) is 5.66. The van der Waals surface area contributed by atoms with Gasteiger partial charge in [0.2, 0.25) is 0 Å². The van der Waals surface area contributed by atoms with Gasteiger partial charge in [-0.2, -0.15) is 5.10 Å². The van der Waals surface area contributed by atoms with Crippen molar-refractivity contribution < 1.29 is 23.6 Å². The predicted molar refractivity (Wildman–Crippen MR) is 103 cm³/mol. The molecule has 2 amide bonds. The number of nitrogens with one attached hydrogen (secondary N) is 2. The van der Waals surface area contributed by atoms with Gasteiger partial charge in [0.05, 0.1) is 11.8 Å². The van der Waals surface area contributed by atoms with Crippen molar-refractivity contribution in [3.05, 3.63) is 53.3 Å². The van der Waals surface area contributed by atoms with Crippen LogP contribution >= 0.6 is 0 Å². The van der Waals surface area contributed by atoms with Gasteiger partial charge in [-0.15, -0.1) is 0 Å². The van der Waals surface area contributed by atoms with Crippen LogP contribution in [0.15, 0.2) is 36.7 Å². The molecule has 2 aromatic rings. The van der Waals surface area contributed by atoms with Crippen molar-refractivity contribution in [2.45, 2.75) is 24.9 Å². The van der Waals surface area contributed by atoms with Gasteiger partial charge < -0.3 is 11.1 Å². The largest absolute Gasteiger partial charge is 0.338 e. The number of aryl methyl sites for hydroxylation is 1. The molecule has 0 aliphatic carbocycles. The Morgan fingerprint density at radius 2 is 1.80 bits per heavy atom. The minimum absolute atomic E-state index is 0.0859. The van der Waals surface area contributed by atoms with E-state index < -0.39 is 29.8 Å². The molecule has 0 saturated carbocycles. The fraction of sp³-hybridized carbons (Fsp3) is 0.250. The molecule has 0 radical (unpaired) electrons. The van der Waals surface area contributed by atoms with Crippen LogP contribution in [0.1, 0.15) is 28.4 Å². The number of amides is 2. The number of rotatable bonds is 5. The Labute approximate surface area is 171 Å². The molecule has 30 heavy (non-hydrogen) atoms. The van der Waals surface area contributed by atoms with Gasteiger partial charge in [0.15, 0.2) is 0 Å². The molecule has 0 aliphatic rings. The van der Waals surface area contributed by atoms with Gasteiger partial charge in [-0.05, 0) is 49.0 Å². The maximum atomic E-state index is 13.2. The molecule has 156 valence electrons. The van der Waals surface area contributed by atoms with Crippen molar-refractivity contribution in [1.82, 2.24) is 20.6 Å². The molecule has 1 aromatic carbocycles. The fourth-order valence-electron chi connectivity index (χ4n) is 2.31. The number of carbonyl (C=O) groups excluding carboxylic acids is 2. The van der Waals surface area contributed by atoms with Crippen LogP contribution in [0.3, 0.4) is 0 Å². The summed E-state index contributed by atoms with van der Waals surface area (Å²) in [6.07, 6.45) is 0.213. The van der Waals surface area contributed by atoms with E-state index in [1.807, 2.05) is 0 Å². The summed E-state index contributed by atoms with van der Waals surface area (Å²) in [6.45, 7) is 0.892. The van der Waals surface area contributed by atoms with Crippen LogP contribution in [0.2, 0.25) is 0 Å². The summed E-state index contributed by atoms with van der Waals surface area (Å²) < 4.78 is 27.9. The Balaban J connectivity index is 2.10. The molecule has 0 fully saturated rings. The monoisotopic (exact) mass is 415 g/mol. The molecule has 0 aliphatic heterocycles. The Morgan fingerprint density at radius 1 is 1.20 bits per heavy atom. The van der Waals surface area contributed by atoms with Crippen molar-refractivity contribution >= 4 is 11.8 Å². The Morgan fingerprint density at radius 3 is 2.30 bits per heavy atom. The SMILES string of the molecule is Cn1cc(C#CC#Cc2ccc(C(=O)NC(C(=O)NO)C(C)(N)C(F)F)cc2)cn1. The minimum atomic E-state index is -3.13. The first-order valence-electron chi connectivity index (χ1n) is 8.57. The first-order valence-corrected chi connectivity index (χ1v) is 8.57. The second kappa shape index (κ2) is 9.65. The Kier molecular flexibility index (Phi) is 7.26. The van der Waals surface area contributed by atoms with E-state index in [9.17, 15) is 18.4 Å². The average Bonchev–Trinajstić information content (AvgIpc) is 3.13. The maximum Gasteiger partial charge on any atom is 0.268 e. The zero-order chi connectivity index (χ0) is 22.3. The van der Waals surface area contributed by atoms with E-state index in [0.29, 0.717) is 5.56 Å². The van der Waals surface area contributed by atoms with Crippen molar-refractivity contribution in [3.63, 3.8) is 0 Å². The first-order chi connectivity index (χ1) is 14.1. The van der Waals surface area contributed by atoms with E-state index in [2.05, 4.69) is 34.1 Å². The number of nitrogens with zero attached hydrogens (tertiary/aromatic N) is 2. The van der Waals surface area contributed by atoms with Crippen LogP contribution < -0.4 is 16.5 Å². The van der Waals surface area contributed by atoms with E-state index in [1.165, 1.54) is 29.7 Å². The van der Waals surface area contributed by atoms with Gasteiger partial charge in [-0.1, -0.05) is 5.92 Å². The van der Waals surface area contributed by atoms with E-state index >= 15 is 0 Å². The highest BCUT2D eigenvalue weighted by Crippen LogP contribution is 2.18. The van der Waals surface area contributed by atoms with Crippen LogP contribution in [0, 0.1) is 23.7 Å². The minimum Gasteiger partial charge on any atom is -0.338 e. The molecule has 2 atom stereocenters. The van der Waals surface area contributed by atoms with E-state index in [-0.39, 0.29) is 5.56 Å². The lowest BCUT2D eigenvalue weighted by Crippen LogP contribution is -2.66. The van der Waals surface area contributed by atoms with Crippen LogP contribution in [0.4, 0.5) is 8.78 Å². The third kappa shape index (κ3) is 5.64. The highest BCUT2D eigenvalue weighted by atomic mass is 19.3. The lowest BCUT2D eigenvalue weighted by molar-refractivity contribution is -0.134. The topological polar surface area (TPSA) is 122 Å². The number of nitrogens with two attached hydrogens (primary N) is 1. The van der Waals surface area contributed by atoms with Gasteiger partial charge in [0.25, 0.3) is 18.2 Å². The molecule has 10 heteroatoms. The Bertz CT molecular complexity index is 1040. The quantitative estimate of drug-likeness (QED) is 0.320. The molecule has 2 rings (SSSR count). The zero-order valence-corrected chi connectivity index (χ0v) is 16.1. The van der Waals surface area contributed by atoms with Gasteiger partial charge >= 0.3 is 0 Å². The standard InChI is InChI=1S/C20H19F2N5O3/c1-20(23,19(21)22)16(18(29)26-30)25-17(28)15-9-7-13(8-10-15)5-3-4-6-14-11-24-27(2)12-14/h7-12,16,19,30H,23H2,1-2H3,(H,25,28)(H,26,29). The molecular formula is C20H19F2N5O3. The van der Waals surface area contributed by atoms with Crippen LogP contribution in [-0.2, 0) is 11.8 Å². The molecule has 1 aromatic heterocycles. The predicted octanol–water partition coefficient (Wildman–Crippen LogP) is 0.410. The number of hydrogen-bond donors (Lipinski definition) is 4. The number of carbonyl (C=O) groups is 2. The number of alkyl halides is 2. The van der Waals surface area contributed by atoms with Gasteiger partial charge in [-0.3, -0.25) is 19.5 Å². The Hall–Kier alpha value is -3.73. The van der Waals surface area contributed by atoms with Gasteiger partial charge in [0.1, 0.15) is 11.6 Å².